The number of benzene rings is 2. The Kier molecular flexibility index (Phi) is 7.62. The van der Waals surface area contributed by atoms with Gasteiger partial charge in [-0.2, -0.15) is 0 Å². The fraction of sp³-hybridized carbons (Fsp3) is 0.458. The Hall–Kier alpha value is -2.68. The molecule has 1 N–H and O–H groups in total. The van der Waals surface area contributed by atoms with Gasteiger partial charge in [-0.15, -0.1) is 0 Å². The summed E-state index contributed by atoms with van der Waals surface area (Å²) in [5, 5.41) is 3.07. The van der Waals surface area contributed by atoms with Gasteiger partial charge in [-0.25, -0.2) is 17.2 Å². The van der Waals surface area contributed by atoms with Crippen LogP contribution in [0.3, 0.4) is 0 Å². The van der Waals surface area contributed by atoms with Crippen molar-refractivity contribution in [1.29, 1.82) is 0 Å². The zero-order valence-electron chi connectivity index (χ0n) is 19.1. The molecule has 0 aromatic heterocycles. The summed E-state index contributed by atoms with van der Waals surface area (Å²) in [6, 6.07) is 10.3. The molecule has 3 rings (SSSR count). The summed E-state index contributed by atoms with van der Waals surface area (Å²) in [5.41, 5.74) is 0.584. The van der Waals surface area contributed by atoms with Gasteiger partial charge in [0.05, 0.1) is 18.0 Å². The van der Waals surface area contributed by atoms with E-state index in [4.69, 9.17) is 4.74 Å². The average Bonchev–Trinajstić information content (AvgIpc) is 2.77. The maximum absolute atomic E-state index is 13.6. The highest BCUT2D eigenvalue weighted by Crippen LogP contribution is 2.42. The Bertz CT molecular complexity index is 1100. The molecule has 1 atom stereocenters. The van der Waals surface area contributed by atoms with Crippen LogP contribution >= 0.6 is 0 Å². The van der Waals surface area contributed by atoms with Crippen molar-refractivity contribution >= 4 is 21.6 Å². The number of hydrogen-bond donors (Lipinski definition) is 1. The highest BCUT2D eigenvalue weighted by atomic mass is 32.2. The highest BCUT2D eigenvalue weighted by Gasteiger charge is 2.38. The van der Waals surface area contributed by atoms with Crippen molar-refractivity contribution in [3.63, 3.8) is 0 Å². The third kappa shape index (κ3) is 5.82. The van der Waals surface area contributed by atoms with Crippen LogP contribution in [0.2, 0.25) is 0 Å². The topological polar surface area (TPSA) is 75.7 Å². The number of carbonyl (C=O) groups excluding carboxylic acids is 1. The van der Waals surface area contributed by atoms with Gasteiger partial charge in [0.15, 0.2) is 11.6 Å². The number of para-hydroxylation sites is 1. The number of fused-ring (bicyclic) bond motifs is 1. The average molecular weight is 481 g/mol. The van der Waals surface area contributed by atoms with E-state index in [1.807, 2.05) is 24.3 Å². The second-order valence-electron chi connectivity index (χ2n) is 8.39. The molecule has 0 spiro atoms. The normalized spacial score (nSPS) is 17.1. The lowest BCUT2D eigenvalue weighted by Gasteiger charge is -2.41. The molecule has 1 aliphatic heterocycles. The Morgan fingerprint density at radius 3 is 2.48 bits per heavy atom. The van der Waals surface area contributed by atoms with Crippen LogP contribution in [0.15, 0.2) is 42.5 Å². The highest BCUT2D eigenvalue weighted by molar-refractivity contribution is 7.92. The van der Waals surface area contributed by atoms with E-state index < -0.39 is 21.7 Å². The largest absolute Gasteiger partial charge is 0.487 e. The Labute approximate surface area is 194 Å². The number of amides is 1. The van der Waals surface area contributed by atoms with Crippen molar-refractivity contribution in [2.24, 2.45) is 0 Å². The molecule has 1 amide bonds. The lowest BCUT2D eigenvalue weighted by Crippen LogP contribution is -2.44. The molecular weight excluding hydrogens is 450 g/mol. The summed E-state index contributed by atoms with van der Waals surface area (Å²) in [6.45, 7) is 4.10. The van der Waals surface area contributed by atoms with Crippen molar-refractivity contribution in [2.45, 2.75) is 57.6 Å². The number of nitrogens with zero attached hydrogens (tertiary/aromatic N) is 1. The minimum atomic E-state index is -3.74. The molecule has 33 heavy (non-hydrogen) atoms. The summed E-state index contributed by atoms with van der Waals surface area (Å²) in [7, 11) is -3.74. The molecule has 6 nitrogen and oxygen atoms in total. The number of halogens is 2. The van der Waals surface area contributed by atoms with Crippen LogP contribution in [-0.4, -0.2) is 32.7 Å². The summed E-state index contributed by atoms with van der Waals surface area (Å²) >= 11 is 0. The molecule has 0 bridgehead atoms. The number of hydrogen-bond acceptors (Lipinski definition) is 4. The predicted octanol–water partition coefficient (Wildman–Crippen LogP) is 4.71. The monoisotopic (exact) mass is 480 g/mol. The number of anilines is 1. The minimum Gasteiger partial charge on any atom is -0.487 e. The standard InChI is InChI=1S/C24H30F2N2O4S/c1-4-24(5-2)16-21(18-9-6-7-10-22(18)32-24)27-23(29)11-8-14-28(33(3,30)31)17-12-13-19(25)20(26)15-17/h6-7,9-10,12-13,15,21H,4-5,8,11,14,16H2,1-3H3,(H,27,29)/t21-/m1/s1. The smallest absolute Gasteiger partial charge is 0.232 e. The van der Waals surface area contributed by atoms with Gasteiger partial charge in [-0.1, -0.05) is 32.0 Å². The van der Waals surface area contributed by atoms with E-state index in [1.165, 1.54) is 6.07 Å². The maximum Gasteiger partial charge on any atom is 0.232 e. The first kappa shape index (κ1) is 25.0. The Morgan fingerprint density at radius 1 is 1.15 bits per heavy atom. The number of ether oxygens (including phenoxy) is 1. The van der Waals surface area contributed by atoms with Gasteiger partial charge < -0.3 is 10.1 Å². The second-order valence-corrected chi connectivity index (χ2v) is 10.3. The lowest BCUT2D eigenvalue weighted by atomic mass is 9.83. The van der Waals surface area contributed by atoms with Crippen molar-refractivity contribution in [3.05, 3.63) is 59.7 Å². The molecule has 0 radical (unpaired) electrons. The molecule has 0 fully saturated rings. The van der Waals surface area contributed by atoms with Crippen LogP contribution in [0.25, 0.3) is 0 Å². The minimum absolute atomic E-state index is 0.0193. The van der Waals surface area contributed by atoms with Crippen LogP contribution in [0, 0.1) is 11.6 Å². The molecule has 1 aliphatic rings. The molecule has 2 aromatic carbocycles. The molecule has 2 aromatic rings. The van der Waals surface area contributed by atoms with Gasteiger partial charge in [0.2, 0.25) is 15.9 Å². The summed E-state index contributed by atoms with van der Waals surface area (Å²) in [4.78, 5) is 12.7. The van der Waals surface area contributed by atoms with E-state index in [-0.39, 0.29) is 42.6 Å². The predicted molar refractivity (Wildman–Crippen MR) is 124 cm³/mol. The van der Waals surface area contributed by atoms with Crippen molar-refractivity contribution in [2.75, 3.05) is 17.1 Å². The quantitative estimate of drug-likeness (QED) is 0.564. The molecular formula is C24H30F2N2O4S. The van der Waals surface area contributed by atoms with Crippen LogP contribution < -0.4 is 14.4 Å². The van der Waals surface area contributed by atoms with Gasteiger partial charge >= 0.3 is 0 Å². The number of rotatable bonds is 9. The number of nitrogens with one attached hydrogen (secondary N) is 1. The first-order chi connectivity index (χ1) is 15.6. The molecule has 0 saturated carbocycles. The zero-order chi connectivity index (χ0) is 24.2. The Morgan fingerprint density at radius 2 is 1.85 bits per heavy atom. The van der Waals surface area contributed by atoms with E-state index in [2.05, 4.69) is 19.2 Å². The van der Waals surface area contributed by atoms with E-state index in [0.29, 0.717) is 6.42 Å². The van der Waals surface area contributed by atoms with Gasteiger partial charge in [-0.05, 0) is 37.5 Å². The molecule has 180 valence electrons. The fourth-order valence-corrected chi connectivity index (χ4v) is 5.16. The SMILES string of the molecule is CCC1(CC)C[C@@H](NC(=O)CCCN(c2ccc(F)c(F)c2)S(C)(=O)=O)c2ccccc2O1. The van der Waals surface area contributed by atoms with E-state index in [1.54, 1.807) is 0 Å². The van der Waals surface area contributed by atoms with Gasteiger partial charge in [0.25, 0.3) is 0 Å². The summed E-state index contributed by atoms with van der Waals surface area (Å²) in [5.74, 6) is -1.64. The van der Waals surface area contributed by atoms with Crippen molar-refractivity contribution < 1.29 is 26.7 Å². The van der Waals surface area contributed by atoms with Crippen LogP contribution in [0.5, 0.6) is 5.75 Å². The molecule has 1 heterocycles. The maximum atomic E-state index is 13.6. The van der Waals surface area contributed by atoms with Crippen LogP contribution in [0.4, 0.5) is 14.5 Å². The number of carbonyl (C=O) groups is 1. The second kappa shape index (κ2) is 10.1. The van der Waals surface area contributed by atoms with Gasteiger partial charge in [0, 0.05) is 31.0 Å². The fourth-order valence-electron chi connectivity index (χ4n) is 4.21. The molecule has 9 heteroatoms. The molecule has 0 saturated heterocycles. The first-order valence-electron chi connectivity index (χ1n) is 11.1. The molecule has 0 unspecified atom stereocenters. The lowest BCUT2D eigenvalue weighted by molar-refractivity contribution is -0.122. The van der Waals surface area contributed by atoms with E-state index in [0.717, 1.165) is 46.8 Å². The zero-order valence-corrected chi connectivity index (χ0v) is 19.9. The van der Waals surface area contributed by atoms with Crippen molar-refractivity contribution in [1.82, 2.24) is 5.32 Å². The van der Waals surface area contributed by atoms with E-state index in [9.17, 15) is 22.0 Å². The molecule has 0 aliphatic carbocycles. The summed E-state index contributed by atoms with van der Waals surface area (Å²) in [6.07, 6.45) is 3.55. The third-order valence-corrected chi connectivity index (χ3v) is 7.37. The summed E-state index contributed by atoms with van der Waals surface area (Å²) < 4.78 is 58.5. The number of sulfonamides is 1. The third-order valence-electron chi connectivity index (χ3n) is 6.18. The van der Waals surface area contributed by atoms with Crippen LogP contribution in [-0.2, 0) is 14.8 Å². The van der Waals surface area contributed by atoms with Gasteiger partial charge in [-0.3, -0.25) is 9.10 Å². The van der Waals surface area contributed by atoms with E-state index >= 15 is 0 Å². The Balaban J connectivity index is 1.67. The van der Waals surface area contributed by atoms with Gasteiger partial charge in [0.1, 0.15) is 11.4 Å². The van der Waals surface area contributed by atoms with Crippen molar-refractivity contribution in [3.8, 4) is 5.75 Å². The van der Waals surface area contributed by atoms with Crippen LogP contribution in [0.1, 0.15) is 57.6 Å². The first-order valence-corrected chi connectivity index (χ1v) is 12.9.